The molecule has 1 atom stereocenters. The van der Waals surface area contributed by atoms with Crippen molar-refractivity contribution in [3.05, 3.63) is 52.3 Å². The van der Waals surface area contributed by atoms with E-state index in [9.17, 15) is 14.4 Å². The number of Topliss-reactive ketones (excluding diaryl/α,β-unsaturated/α-hetero) is 1. The van der Waals surface area contributed by atoms with Gasteiger partial charge < -0.3 is 0 Å². The minimum absolute atomic E-state index is 0.262. The fourth-order valence-electron chi connectivity index (χ4n) is 4.09. The second kappa shape index (κ2) is 7.81. The lowest BCUT2D eigenvalue weighted by molar-refractivity contribution is -0.553. The van der Waals surface area contributed by atoms with Gasteiger partial charge in [0.15, 0.2) is 0 Å². The van der Waals surface area contributed by atoms with Crippen molar-refractivity contribution in [1.82, 2.24) is 19.6 Å². The molecular weight excluding hydrogens is 408 g/mol. The first kappa shape index (κ1) is 21.6. The number of nitrogens with zero attached hydrogens (tertiary/aromatic N) is 6. The number of amides is 3. The average molecular weight is 436 g/mol. The molecule has 4 rings (SSSR count). The highest BCUT2D eigenvalue weighted by molar-refractivity contribution is 6.23. The van der Waals surface area contributed by atoms with Gasteiger partial charge in [0.1, 0.15) is 11.5 Å². The third kappa shape index (κ3) is 3.34. The number of likely N-dealkylation sites (N-methyl/N-ethyl adjacent to an activating group) is 1. The van der Waals surface area contributed by atoms with E-state index in [4.69, 9.17) is 4.99 Å². The molecule has 9 heteroatoms. The zero-order valence-corrected chi connectivity index (χ0v) is 19.2. The Hall–Kier alpha value is -3.62. The van der Waals surface area contributed by atoms with Crippen molar-refractivity contribution < 1.29 is 19.0 Å². The Balaban J connectivity index is 1.90. The summed E-state index contributed by atoms with van der Waals surface area (Å²) in [5.41, 5.74) is 4.94. The number of hydrogen-bond acceptors (Lipinski definition) is 5. The van der Waals surface area contributed by atoms with Gasteiger partial charge in [-0.25, -0.2) is 9.37 Å². The molecule has 32 heavy (non-hydrogen) atoms. The van der Waals surface area contributed by atoms with Crippen molar-refractivity contribution in [2.24, 2.45) is 4.99 Å². The quantitative estimate of drug-likeness (QED) is 0.685. The highest BCUT2D eigenvalue weighted by atomic mass is 16.2. The number of aryl methyl sites for hydroxylation is 2. The Morgan fingerprint density at radius 3 is 2.41 bits per heavy atom. The number of amidine groups is 1. The Kier molecular flexibility index (Phi) is 5.28. The molecular formula is C23H27N6O3+. The van der Waals surface area contributed by atoms with Crippen LogP contribution in [0.1, 0.15) is 35.0 Å². The number of rotatable bonds is 4. The van der Waals surface area contributed by atoms with Crippen molar-refractivity contribution in [3.8, 4) is 0 Å². The summed E-state index contributed by atoms with van der Waals surface area (Å²) in [4.78, 5) is 45.2. The van der Waals surface area contributed by atoms with Gasteiger partial charge in [-0.15, -0.1) is 9.78 Å². The van der Waals surface area contributed by atoms with Crippen LogP contribution in [-0.4, -0.2) is 73.3 Å². The van der Waals surface area contributed by atoms with Gasteiger partial charge >= 0.3 is 12.0 Å². The zero-order chi connectivity index (χ0) is 23.3. The van der Waals surface area contributed by atoms with E-state index in [0.29, 0.717) is 18.3 Å². The first-order valence-electron chi connectivity index (χ1n) is 10.5. The van der Waals surface area contributed by atoms with Crippen LogP contribution in [0, 0.1) is 27.7 Å². The third-order valence-electron chi connectivity index (χ3n) is 6.21. The summed E-state index contributed by atoms with van der Waals surface area (Å²) in [6.45, 7) is 9.38. The number of carbonyl (C=O) groups is 3. The highest BCUT2D eigenvalue weighted by Crippen LogP contribution is 2.24. The molecule has 1 saturated heterocycles. The van der Waals surface area contributed by atoms with E-state index in [1.165, 1.54) is 11.8 Å². The summed E-state index contributed by atoms with van der Waals surface area (Å²) < 4.78 is 3.60. The van der Waals surface area contributed by atoms with Crippen LogP contribution in [0.3, 0.4) is 0 Å². The second-order valence-corrected chi connectivity index (χ2v) is 8.40. The Morgan fingerprint density at radius 2 is 1.81 bits per heavy atom. The van der Waals surface area contributed by atoms with E-state index in [-0.39, 0.29) is 12.3 Å². The third-order valence-corrected chi connectivity index (χ3v) is 6.21. The molecule has 0 saturated carbocycles. The van der Waals surface area contributed by atoms with Crippen LogP contribution in [0.5, 0.6) is 0 Å². The maximum absolute atomic E-state index is 13.5. The van der Waals surface area contributed by atoms with Crippen molar-refractivity contribution in [2.45, 2.75) is 47.2 Å². The lowest BCUT2D eigenvalue weighted by Crippen LogP contribution is -2.63. The minimum Gasteiger partial charge on any atom is -0.298 e. The monoisotopic (exact) mass is 435 g/mol. The van der Waals surface area contributed by atoms with Crippen molar-refractivity contribution in [2.75, 3.05) is 13.6 Å². The molecule has 2 aliphatic rings. The maximum atomic E-state index is 13.5. The summed E-state index contributed by atoms with van der Waals surface area (Å²) in [5, 5.41) is 4.65. The van der Waals surface area contributed by atoms with Gasteiger partial charge in [-0.2, -0.15) is 0 Å². The highest BCUT2D eigenvalue weighted by Gasteiger charge is 2.53. The Bertz CT molecular complexity index is 1220. The fourth-order valence-corrected chi connectivity index (χ4v) is 4.09. The van der Waals surface area contributed by atoms with Gasteiger partial charge in [-0.3, -0.25) is 19.4 Å². The molecule has 2 aromatic rings. The molecule has 2 aliphatic heterocycles. The van der Waals surface area contributed by atoms with Gasteiger partial charge in [-0.05, 0) is 45.7 Å². The normalized spacial score (nSPS) is 18.4. The van der Waals surface area contributed by atoms with Crippen molar-refractivity contribution >= 4 is 29.5 Å². The van der Waals surface area contributed by atoms with Crippen molar-refractivity contribution in [3.63, 3.8) is 0 Å². The van der Waals surface area contributed by atoms with Gasteiger partial charge in [0.2, 0.25) is 11.9 Å². The van der Waals surface area contributed by atoms with Crippen LogP contribution in [0.4, 0.5) is 4.79 Å². The summed E-state index contributed by atoms with van der Waals surface area (Å²) in [7, 11) is 1.58. The number of aliphatic imine (C=N–C) groups is 1. The standard InChI is InChI=1S/C23H27N6O3/c1-13-9-7-8-10-18(13)12-27-19-20(24-22(27)29-17(5)15(3)16(4)25-29)26(6)23(32)28(21(19)31)11-14(2)30/h7-10,19H,11-12H2,1-6H3/q+1. The molecule has 3 heterocycles. The number of urea groups is 1. The van der Waals surface area contributed by atoms with Crippen molar-refractivity contribution in [1.29, 1.82) is 0 Å². The van der Waals surface area contributed by atoms with Gasteiger partial charge in [0, 0.05) is 12.6 Å². The number of fused-ring (bicyclic) bond motifs is 1. The van der Waals surface area contributed by atoms with Gasteiger partial charge in [-0.1, -0.05) is 29.3 Å². The summed E-state index contributed by atoms with van der Waals surface area (Å²) in [6, 6.07) is 6.56. The molecule has 166 valence electrons. The number of ketones is 1. The molecule has 0 bridgehead atoms. The van der Waals surface area contributed by atoms with E-state index in [2.05, 4.69) is 5.10 Å². The number of aromatic nitrogens is 2. The fraction of sp³-hybridized carbons (Fsp3) is 0.391. The van der Waals surface area contributed by atoms with E-state index in [1.54, 1.807) is 11.7 Å². The smallest absolute Gasteiger partial charge is 0.298 e. The molecule has 0 N–H and O–H groups in total. The molecule has 0 radical (unpaired) electrons. The molecule has 1 aromatic carbocycles. The topological polar surface area (TPSA) is 90.9 Å². The minimum atomic E-state index is -0.823. The van der Waals surface area contributed by atoms with Crippen LogP contribution in [-0.2, 0) is 16.1 Å². The summed E-state index contributed by atoms with van der Waals surface area (Å²) >= 11 is 0. The number of hydrogen-bond donors (Lipinski definition) is 0. The average Bonchev–Trinajstić information content (AvgIpc) is 3.24. The predicted octanol–water partition coefficient (Wildman–Crippen LogP) is 1.80. The predicted molar refractivity (Wildman–Crippen MR) is 119 cm³/mol. The van der Waals surface area contributed by atoms with E-state index in [0.717, 1.165) is 33.0 Å². The SMILES string of the molecule is CC(=O)CN1C(=O)C2C(=NC(n3nc(C)c(C)c3C)=[N+]2Cc2ccccc2C)N(C)C1=O. The molecule has 9 nitrogen and oxygen atoms in total. The summed E-state index contributed by atoms with van der Waals surface area (Å²) in [6.07, 6.45) is 0. The molecule has 1 unspecified atom stereocenters. The zero-order valence-electron chi connectivity index (χ0n) is 19.2. The second-order valence-electron chi connectivity index (χ2n) is 8.40. The molecule has 0 aliphatic carbocycles. The molecule has 3 amide bonds. The van der Waals surface area contributed by atoms with Crippen LogP contribution < -0.4 is 0 Å². The lowest BCUT2D eigenvalue weighted by atomic mass is 10.1. The largest absolute Gasteiger partial charge is 0.421 e. The van der Waals surface area contributed by atoms with E-state index >= 15 is 0 Å². The van der Waals surface area contributed by atoms with Crippen LogP contribution in [0.25, 0.3) is 0 Å². The Labute approximate surface area is 186 Å². The lowest BCUT2D eigenvalue weighted by Gasteiger charge is -2.33. The summed E-state index contributed by atoms with van der Waals surface area (Å²) in [5.74, 6) is 0.111. The number of imide groups is 1. The van der Waals surface area contributed by atoms with Crippen LogP contribution in [0.15, 0.2) is 29.3 Å². The van der Waals surface area contributed by atoms with Crippen LogP contribution >= 0.6 is 0 Å². The van der Waals surface area contributed by atoms with E-state index in [1.807, 2.05) is 56.5 Å². The molecule has 0 spiro atoms. The van der Waals surface area contributed by atoms with Gasteiger partial charge in [0.25, 0.3) is 5.91 Å². The maximum Gasteiger partial charge on any atom is 0.421 e. The van der Waals surface area contributed by atoms with Crippen LogP contribution in [0.2, 0.25) is 0 Å². The number of carbonyl (C=O) groups excluding carboxylic acids is 3. The molecule has 1 fully saturated rings. The van der Waals surface area contributed by atoms with E-state index < -0.39 is 18.0 Å². The first-order chi connectivity index (χ1) is 15.1. The molecule has 1 aromatic heterocycles. The Morgan fingerprint density at radius 1 is 1.12 bits per heavy atom. The first-order valence-corrected chi connectivity index (χ1v) is 10.5. The number of benzene rings is 1. The van der Waals surface area contributed by atoms with Gasteiger partial charge in [0.05, 0.1) is 18.8 Å².